The number of aryl methyl sites for hydroxylation is 1. The molecule has 41 heavy (non-hydrogen) atoms. The summed E-state index contributed by atoms with van der Waals surface area (Å²) in [6, 6.07) is 33.3. The molecule has 0 aliphatic carbocycles. The third-order valence-corrected chi connectivity index (χ3v) is 8.12. The Morgan fingerprint density at radius 2 is 0.683 bits per heavy atom. The molecule has 0 fully saturated rings. The van der Waals surface area contributed by atoms with E-state index in [2.05, 4.69) is 166 Å². The number of hydrogen-bond donors (Lipinski definition) is 0. The molecule has 0 N–H and O–H groups in total. The van der Waals surface area contributed by atoms with Crippen LogP contribution in [0.25, 0.3) is 22.3 Å². The van der Waals surface area contributed by atoms with Crippen LogP contribution in [0.3, 0.4) is 0 Å². The summed E-state index contributed by atoms with van der Waals surface area (Å²) >= 11 is 0. The number of nitrogens with zero attached hydrogens (tertiary/aromatic N) is 4. The van der Waals surface area contributed by atoms with Crippen LogP contribution in [0.5, 0.6) is 0 Å². The van der Waals surface area contributed by atoms with Crippen LogP contribution in [0.4, 0.5) is 0 Å². The van der Waals surface area contributed by atoms with Crippen molar-refractivity contribution in [2.75, 3.05) is 0 Å². The summed E-state index contributed by atoms with van der Waals surface area (Å²) in [5.41, 5.74) is 11.5. The first kappa shape index (κ1) is 25.0. The molecule has 198 valence electrons. The SMILES string of the molecule is Cc1ccc2c(c1)C[n+]1ccc(cc1)-c1cc[n+](cc1)Cc1ccccc1C[n+]1ccc(cc1)-c1cc[n+](cc1)C2. The van der Waals surface area contributed by atoms with Crippen LogP contribution in [-0.2, 0) is 26.2 Å². The maximum atomic E-state index is 2.32. The van der Waals surface area contributed by atoms with E-state index < -0.39 is 0 Å². The van der Waals surface area contributed by atoms with E-state index in [1.54, 1.807) is 0 Å². The van der Waals surface area contributed by atoms with Gasteiger partial charge in [0.2, 0.25) is 0 Å². The number of pyridine rings is 4. The van der Waals surface area contributed by atoms with Crippen LogP contribution in [0.15, 0.2) is 141 Å². The minimum Gasteiger partial charge on any atom is -0.201 e. The topological polar surface area (TPSA) is 15.5 Å². The lowest BCUT2D eigenvalue weighted by molar-refractivity contribution is -0.693. The molecular weight excluding hydrogens is 500 g/mol. The van der Waals surface area contributed by atoms with Gasteiger partial charge in [-0.2, -0.15) is 0 Å². The van der Waals surface area contributed by atoms with Crippen molar-refractivity contribution in [1.29, 1.82) is 0 Å². The van der Waals surface area contributed by atoms with Gasteiger partial charge in [0.25, 0.3) is 0 Å². The average molecular weight is 535 g/mol. The third kappa shape index (κ3) is 5.55. The number of benzene rings is 2. The molecule has 2 aromatic carbocycles. The highest BCUT2D eigenvalue weighted by Crippen LogP contribution is 2.19. The molecule has 0 atom stereocenters. The smallest absolute Gasteiger partial charge is 0.174 e. The van der Waals surface area contributed by atoms with Crippen molar-refractivity contribution in [3.8, 4) is 22.3 Å². The molecule has 6 aromatic rings. The van der Waals surface area contributed by atoms with E-state index in [0.29, 0.717) is 0 Å². The van der Waals surface area contributed by atoms with Crippen molar-refractivity contribution in [2.24, 2.45) is 0 Å². The highest BCUT2D eigenvalue weighted by atomic mass is 15.0. The Labute approximate surface area is 241 Å². The van der Waals surface area contributed by atoms with Gasteiger partial charge in [-0.25, -0.2) is 18.3 Å². The maximum Gasteiger partial charge on any atom is 0.174 e. The molecule has 0 spiro atoms. The van der Waals surface area contributed by atoms with Crippen LogP contribution >= 0.6 is 0 Å². The van der Waals surface area contributed by atoms with E-state index in [1.165, 1.54) is 50.1 Å². The van der Waals surface area contributed by atoms with E-state index in [9.17, 15) is 0 Å². The van der Waals surface area contributed by atoms with Crippen molar-refractivity contribution in [3.05, 3.63) is 168 Å². The van der Waals surface area contributed by atoms with Gasteiger partial charge in [0.1, 0.15) is 0 Å². The monoisotopic (exact) mass is 534 g/mol. The van der Waals surface area contributed by atoms with E-state index in [4.69, 9.17) is 0 Å². The molecule has 8 bridgehead atoms. The van der Waals surface area contributed by atoms with E-state index in [-0.39, 0.29) is 0 Å². The number of hydrogen-bond acceptors (Lipinski definition) is 0. The van der Waals surface area contributed by atoms with Gasteiger partial charge in [-0.1, -0.05) is 42.0 Å². The van der Waals surface area contributed by atoms with Crippen LogP contribution in [0.1, 0.15) is 27.8 Å². The van der Waals surface area contributed by atoms with Crippen molar-refractivity contribution >= 4 is 0 Å². The predicted octanol–water partition coefficient (Wildman–Crippen LogP) is 4.99. The fourth-order valence-electron chi connectivity index (χ4n) is 5.73. The maximum absolute atomic E-state index is 2.32. The van der Waals surface area contributed by atoms with E-state index >= 15 is 0 Å². The highest BCUT2D eigenvalue weighted by molar-refractivity contribution is 5.61. The minimum atomic E-state index is 0.840. The molecule has 4 aromatic heterocycles. The quantitative estimate of drug-likeness (QED) is 0.244. The van der Waals surface area contributed by atoms with Gasteiger partial charge in [-0.15, -0.1) is 0 Å². The normalized spacial score (nSPS) is 12.6. The standard InChI is InChI=1S/C37H34N4/c1-29-6-7-36-27-40-20-12-32(13-21-40)30-8-16-38(17-9-30)25-34-4-2-3-5-35(34)26-39-18-10-31(11-19-39)33-14-22-41(23-15-33)28-37(36)24-29/h2-24H,25-28H2,1H3/q+4. The lowest BCUT2D eigenvalue weighted by atomic mass is 10.0. The molecule has 13 rings (SSSR count). The van der Waals surface area contributed by atoms with E-state index in [1.807, 2.05) is 0 Å². The Balaban J connectivity index is 1.28. The van der Waals surface area contributed by atoms with Crippen LogP contribution in [0, 0.1) is 6.92 Å². The molecule has 4 nitrogen and oxygen atoms in total. The van der Waals surface area contributed by atoms with Crippen molar-refractivity contribution in [3.63, 3.8) is 0 Å². The molecule has 0 amide bonds. The largest absolute Gasteiger partial charge is 0.201 e. The van der Waals surface area contributed by atoms with Crippen molar-refractivity contribution in [2.45, 2.75) is 33.1 Å². The summed E-state index contributed by atoms with van der Waals surface area (Å²) in [7, 11) is 0. The third-order valence-electron chi connectivity index (χ3n) is 8.12. The molecule has 0 saturated heterocycles. The van der Waals surface area contributed by atoms with Crippen molar-refractivity contribution < 1.29 is 18.3 Å². The fourth-order valence-corrected chi connectivity index (χ4v) is 5.73. The molecule has 7 aliphatic heterocycles. The van der Waals surface area contributed by atoms with Crippen molar-refractivity contribution in [1.82, 2.24) is 0 Å². The molecule has 7 aliphatic rings. The zero-order valence-corrected chi connectivity index (χ0v) is 23.4. The minimum absolute atomic E-state index is 0.840. The van der Waals surface area contributed by atoms with Gasteiger partial charge in [-0.3, -0.25) is 0 Å². The Morgan fingerprint density at radius 3 is 1.05 bits per heavy atom. The Morgan fingerprint density at radius 1 is 0.366 bits per heavy atom. The van der Waals surface area contributed by atoms with Gasteiger partial charge >= 0.3 is 0 Å². The van der Waals surface area contributed by atoms with Crippen LogP contribution in [0.2, 0.25) is 0 Å². The summed E-state index contributed by atoms with van der Waals surface area (Å²) in [4.78, 5) is 0. The summed E-state index contributed by atoms with van der Waals surface area (Å²) in [5.74, 6) is 0. The van der Waals surface area contributed by atoms with Crippen LogP contribution < -0.4 is 18.3 Å². The first-order valence-electron chi connectivity index (χ1n) is 14.3. The Kier molecular flexibility index (Phi) is 6.65. The van der Waals surface area contributed by atoms with Gasteiger partial charge < -0.3 is 0 Å². The summed E-state index contributed by atoms with van der Waals surface area (Å²) in [6.45, 7) is 5.53. The average Bonchev–Trinajstić information content (AvgIpc) is 3.01. The molecule has 0 radical (unpaired) electrons. The number of aromatic nitrogens is 4. The zero-order chi connectivity index (χ0) is 27.6. The lowest BCUT2D eigenvalue weighted by Gasteiger charge is -2.08. The second kappa shape index (κ2) is 10.9. The Hall–Kier alpha value is -4.96. The van der Waals surface area contributed by atoms with E-state index in [0.717, 1.165) is 26.2 Å². The molecule has 0 saturated carbocycles. The molecular formula is C37H34N4+4. The summed E-state index contributed by atoms with van der Waals surface area (Å²) in [6.07, 6.45) is 17.5. The van der Waals surface area contributed by atoms with Gasteiger partial charge in [0, 0.05) is 70.8 Å². The second-order valence-corrected chi connectivity index (χ2v) is 11.1. The predicted molar refractivity (Wildman–Crippen MR) is 159 cm³/mol. The first-order valence-corrected chi connectivity index (χ1v) is 14.3. The molecule has 4 heteroatoms. The lowest BCUT2D eigenvalue weighted by Crippen LogP contribution is -2.37. The van der Waals surface area contributed by atoms with Crippen LogP contribution in [-0.4, -0.2) is 0 Å². The second-order valence-electron chi connectivity index (χ2n) is 11.1. The molecule has 0 unspecified atom stereocenters. The summed E-state index contributed by atoms with van der Waals surface area (Å²) in [5, 5.41) is 0. The summed E-state index contributed by atoms with van der Waals surface area (Å²) < 4.78 is 9.07. The fraction of sp³-hybridized carbons (Fsp3) is 0.135. The zero-order valence-electron chi connectivity index (χ0n) is 23.4. The Bertz CT molecular complexity index is 1800. The van der Waals surface area contributed by atoms with Gasteiger partial charge in [0.05, 0.1) is 0 Å². The van der Waals surface area contributed by atoms with Gasteiger partial charge in [-0.05, 0) is 35.2 Å². The number of rotatable bonds is 0. The first-order chi connectivity index (χ1) is 20.2. The molecule has 11 heterocycles. The van der Waals surface area contributed by atoms with Gasteiger partial charge in [0.15, 0.2) is 75.8 Å². The highest BCUT2D eigenvalue weighted by Gasteiger charge is 2.16.